The molecule has 2 heterocycles. The number of carbonyl (C=O) groups excluding carboxylic acids is 3. The number of Topliss-reactive ketones (excluding diaryl/α,β-unsaturated/α-hetero) is 1. The Labute approximate surface area is 182 Å². The second-order valence-electron chi connectivity index (χ2n) is 8.64. The summed E-state index contributed by atoms with van der Waals surface area (Å²) in [6.45, 7) is 5.49. The minimum atomic E-state index is -0.336. The van der Waals surface area contributed by atoms with Crippen molar-refractivity contribution in [3.63, 3.8) is 0 Å². The highest BCUT2D eigenvalue weighted by molar-refractivity contribution is 6.01. The molecule has 0 radical (unpaired) electrons. The summed E-state index contributed by atoms with van der Waals surface area (Å²) in [5, 5.41) is 9.40. The van der Waals surface area contributed by atoms with E-state index in [0.717, 1.165) is 16.8 Å². The lowest BCUT2D eigenvalue weighted by atomic mass is 9.88. The molecule has 0 aromatic heterocycles. The summed E-state index contributed by atoms with van der Waals surface area (Å²) in [5.41, 5.74) is 3.67. The largest absolute Gasteiger partial charge is 0.508 e. The maximum Gasteiger partial charge on any atom is 0.228 e. The van der Waals surface area contributed by atoms with Crippen LogP contribution >= 0.6 is 0 Å². The topological polar surface area (TPSA) is 77.9 Å². The first kappa shape index (κ1) is 21.1. The maximum atomic E-state index is 13.1. The smallest absolute Gasteiger partial charge is 0.228 e. The number of piperidine rings is 1. The number of anilines is 1. The van der Waals surface area contributed by atoms with Crippen molar-refractivity contribution in [2.75, 3.05) is 24.5 Å². The molecule has 2 fully saturated rings. The highest BCUT2D eigenvalue weighted by Crippen LogP contribution is 2.31. The standard InChI is InChI=1S/C25H28N2O4/c1-16-4-3-5-22(17(16)2)27-15-20(14-23(27)29)25(31)26-12-10-19(11-13-26)24(30)18-6-8-21(28)9-7-18/h3-9,19-20,28H,10-15H2,1-2H3/t20-/m0/s1. The van der Waals surface area contributed by atoms with E-state index in [1.54, 1.807) is 17.0 Å². The quantitative estimate of drug-likeness (QED) is 0.768. The van der Waals surface area contributed by atoms with Crippen molar-refractivity contribution in [1.82, 2.24) is 4.90 Å². The number of phenolic OH excluding ortho intramolecular Hbond substituents is 1. The summed E-state index contributed by atoms with van der Waals surface area (Å²) in [4.78, 5) is 42.0. The molecule has 6 heteroatoms. The summed E-state index contributed by atoms with van der Waals surface area (Å²) in [7, 11) is 0. The van der Waals surface area contributed by atoms with Crippen LogP contribution in [0.25, 0.3) is 0 Å². The van der Waals surface area contributed by atoms with Crippen molar-refractivity contribution in [2.24, 2.45) is 11.8 Å². The van der Waals surface area contributed by atoms with Crippen molar-refractivity contribution in [3.05, 3.63) is 59.2 Å². The lowest BCUT2D eigenvalue weighted by molar-refractivity contribution is -0.137. The first-order valence-corrected chi connectivity index (χ1v) is 10.8. The summed E-state index contributed by atoms with van der Waals surface area (Å²) in [6.07, 6.45) is 1.47. The molecule has 31 heavy (non-hydrogen) atoms. The number of benzene rings is 2. The van der Waals surface area contributed by atoms with Crippen LogP contribution in [0.1, 0.15) is 40.7 Å². The van der Waals surface area contributed by atoms with E-state index in [2.05, 4.69) is 0 Å². The Balaban J connectivity index is 1.37. The highest BCUT2D eigenvalue weighted by atomic mass is 16.3. The first-order valence-electron chi connectivity index (χ1n) is 10.8. The lowest BCUT2D eigenvalue weighted by Crippen LogP contribution is -2.43. The van der Waals surface area contributed by atoms with Crippen LogP contribution in [0.4, 0.5) is 5.69 Å². The zero-order valence-electron chi connectivity index (χ0n) is 18.0. The van der Waals surface area contributed by atoms with Crippen LogP contribution in [-0.4, -0.2) is 47.2 Å². The van der Waals surface area contributed by atoms with Crippen LogP contribution in [0.2, 0.25) is 0 Å². The van der Waals surface area contributed by atoms with Gasteiger partial charge in [0.25, 0.3) is 0 Å². The van der Waals surface area contributed by atoms with Crippen LogP contribution in [0, 0.1) is 25.7 Å². The number of likely N-dealkylation sites (tertiary alicyclic amines) is 1. The van der Waals surface area contributed by atoms with Crippen molar-refractivity contribution >= 4 is 23.3 Å². The number of amides is 2. The van der Waals surface area contributed by atoms with Crippen LogP contribution in [0.3, 0.4) is 0 Å². The maximum absolute atomic E-state index is 13.1. The van der Waals surface area contributed by atoms with Gasteiger partial charge < -0.3 is 14.9 Å². The molecule has 0 unspecified atom stereocenters. The molecule has 2 aliphatic heterocycles. The third-order valence-electron chi connectivity index (χ3n) is 6.67. The van der Waals surface area contributed by atoms with Gasteiger partial charge in [0.15, 0.2) is 5.78 Å². The van der Waals surface area contributed by atoms with Gasteiger partial charge in [0.2, 0.25) is 11.8 Å². The summed E-state index contributed by atoms with van der Waals surface area (Å²) in [5.74, 6) is -0.259. The molecule has 2 aliphatic rings. The Morgan fingerprint density at radius 2 is 1.65 bits per heavy atom. The normalized spacial score (nSPS) is 19.7. The van der Waals surface area contributed by atoms with E-state index in [-0.39, 0.29) is 41.6 Å². The van der Waals surface area contributed by atoms with Gasteiger partial charge in [-0.25, -0.2) is 0 Å². The Kier molecular flexibility index (Phi) is 5.81. The van der Waals surface area contributed by atoms with E-state index in [1.165, 1.54) is 12.1 Å². The van der Waals surface area contributed by atoms with Gasteiger partial charge in [0.1, 0.15) is 5.75 Å². The lowest BCUT2D eigenvalue weighted by Gasteiger charge is -2.33. The Morgan fingerprint density at radius 1 is 0.968 bits per heavy atom. The molecule has 0 saturated carbocycles. The molecule has 0 spiro atoms. The Hall–Kier alpha value is -3.15. The fraction of sp³-hybridized carbons (Fsp3) is 0.400. The van der Waals surface area contributed by atoms with Gasteiger partial charge in [-0.15, -0.1) is 0 Å². The number of nitrogens with zero attached hydrogens (tertiary/aromatic N) is 2. The first-order chi connectivity index (χ1) is 14.8. The van der Waals surface area contributed by atoms with Gasteiger partial charge in [-0.3, -0.25) is 14.4 Å². The minimum absolute atomic E-state index is 0.00977. The molecule has 1 N–H and O–H groups in total. The van der Waals surface area contributed by atoms with E-state index >= 15 is 0 Å². The van der Waals surface area contributed by atoms with Gasteiger partial charge in [0, 0.05) is 43.2 Å². The molecule has 4 rings (SSSR count). The fourth-order valence-corrected chi connectivity index (χ4v) is 4.62. The molecular formula is C25H28N2O4. The monoisotopic (exact) mass is 420 g/mol. The number of rotatable bonds is 4. The number of ketones is 1. The van der Waals surface area contributed by atoms with Crippen LogP contribution in [0.5, 0.6) is 5.75 Å². The predicted molar refractivity (Wildman–Crippen MR) is 118 cm³/mol. The van der Waals surface area contributed by atoms with Crippen LogP contribution in [-0.2, 0) is 9.59 Å². The predicted octanol–water partition coefficient (Wildman–Crippen LogP) is 3.48. The van der Waals surface area contributed by atoms with Gasteiger partial charge in [-0.05, 0) is 68.1 Å². The number of aryl methyl sites for hydroxylation is 1. The van der Waals surface area contributed by atoms with Gasteiger partial charge in [-0.2, -0.15) is 0 Å². The molecule has 1 atom stereocenters. The van der Waals surface area contributed by atoms with Gasteiger partial charge in [-0.1, -0.05) is 12.1 Å². The van der Waals surface area contributed by atoms with E-state index in [1.807, 2.05) is 36.9 Å². The van der Waals surface area contributed by atoms with Crippen molar-refractivity contribution in [1.29, 1.82) is 0 Å². The number of hydrogen-bond acceptors (Lipinski definition) is 4. The zero-order valence-corrected chi connectivity index (χ0v) is 18.0. The highest BCUT2D eigenvalue weighted by Gasteiger charge is 2.39. The fourth-order valence-electron chi connectivity index (χ4n) is 4.62. The van der Waals surface area contributed by atoms with E-state index < -0.39 is 0 Å². The molecule has 6 nitrogen and oxygen atoms in total. The van der Waals surface area contributed by atoms with E-state index in [9.17, 15) is 19.5 Å². The molecule has 2 aromatic carbocycles. The molecule has 2 saturated heterocycles. The summed E-state index contributed by atoms with van der Waals surface area (Å²) >= 11 is 0. The van der Waals surface area contributed by atoms with E-state index in [0.29, 0.717) is 38.0 Å². The van der Waals surface area contributed by atoms with Crippen molar-refractivity contribution in [2.45, 2.75) is 33.1 Å². The number of aromatic hydroxyl groups is 1. The summed E-state index contributed by atoms with van der Waals surface area (Å²) in [6, 6.07) is 12.2. The Morgan fingerprint density at radius 3 is 2.32 bits per heavy atom. The molecule has 0 bridgehead atoms. The Bertz CT molecular complexity index is 1010. The molecular weight excluding hydrogens is 392 g/mol. The second-order valence-corrected chi connectivity index (χ2v) is 8.64. The average Bonchev–Trinajstić information content (AvgIpc) is 3.16. The SMILES string of the molecule is Cc1cccc(N2C[C@@H](C(=O)N3CCC(C(=O)c4ccc(O)cc4)CC3)CC2=O)c1C. The van der Waals surface area contributed by atoms with Crippen molar-refractivity contribution in [3.8, 4) is 5.75 Å². The van der Waals surface area contributed by atoms with Crippen LogP contribution in [0.15, 0.2) is 42.5 Å². The second kappa shape index (κ2) is 8.53. The number of phenols is 1. The van der Waals surface area contributed by atoms with Gasteiger partial charge in [0.05, 0.1) is 5.92 Å². The molecule has 2 aromatic rings. The van der Waals surface area contributed by atoms with Gasteiger partial charge >= 0.3 is 0 Å². The third-order valence-corrected chi connectivity index (χ3v) is 6.67. The zero-order chi connectivity index (χ0) is 22.1. The van der Waals surface area contributed by atoms with Crippen molar-refractivity contribution < 1.29 is 19.5 Å². The minimum Gasteiger partial charge on any atom is -0.508 e. The molecule has 0 aliphatic carbocycles. The van der Waals surface area contributed by atoms with Crippen LogP contribution < -0.4 is 4.90 Å². The average molecular weight is 421 g/mol. The molecule has 162 valence electrons. The van der Waals surface area contributed by atoms with E-state index in [4.69, 9.17) is 0 Å². The molecule has 2 amide bonds. The number of hydrogen-bond donors (Lipinski definition) is 1. The number of carbonyl (C=O) groups is 3. The summed E-state index contributed by atoms with van der Waals surface area (Å²) < 4.78 is 0. The third kappa shape index (κ3) is 4.20.